The molecule has 1 aromatic heterocycles. The number of nitrogens with one attached hydrogen (secondary N) is 1. The van der Waals surface area contributed by atoms with Gasteiger partial charge in [0.25, 0.3) is 0 Å². The number of piperidine rings is 1. The lowest BCUT2D eigenvalue weighted by Gasteiger charge is -2.33. The van der Waals surface area contributed by atoms with Gasteiger partial charge in [-0.15, -0.1) is 24.0 Å². The average Bonchev–Trinajstić information content (AvgIpc) is 3.21. The first-order valence-corrected chi connectivity index (χ1v) is 9.93. The number of esters is 1. The van der Waals surface area contributed by atoms with Crippen LogP contribution in [0.2, 0.25) is 0 Å². The number of carbonyl (C=O) groups excluding carboxylic acids is 1. The predicted octanol–water partition coefficient (Wildman–Crippen LogP) is 3.49. The largest absolute Gasteiger partial charge is 0.466 e. The van der Waals surface area contributed by atoms with Crippen molar-refractivity contribution >= 4 is 35.9 Å². The minimum Gasteiger partial charge on any atom is -0.466 e. The van der Waals surface area contributed by atoms with Gasteiger partial charge in [0.15, 0.2) is 5.96 Å². The lowest BCUT2D eigenvalue weighted by molar-refractivity contribution is -0.149. The lowest BCUT2D eigenvalue weighted by Crippen LogP contribution is -2.47. The third-order valence-corrected chi connectivity index (χ3v) is 4.93. The third kappa shape index (κ3) is 6.41. The molecule has 0 saturated carbocycles. The highest BCUT2D eigenvalue weighted by molar-refractivity contribution is 14.0. The zero-order valence-electron chi connectivity index (χ0n) is 17.3. The van der Waals surface area contributed by atoms with Gasteiger partial charge < -0.3 is 19.4 Å². The molecule has 1 N–H and O–H groups in total. The second-order valence-electron chi connectivity index (χ2n) is 6.89. The van der Waals surface area contributed by atoms with E-state index in [1.807, 2.05) is 6.92 Å². The van der Waals surface area contributed by atoms with Crippen molar-refractivity contribution in [1.82, 2.24) is 15.2 Å². The van der Waals surface area contributed by atoms with Crippen LogP contribution in [0.1, 0.15) is 25.5 Å². The molecule has 0 spiro atoms. The molecule has 1 aromatic carbocycles. The number of nitrogens with zero attached hydrogens (tertiary/aromatic N) is 3. The molecule has 1 fully saturated rings. The van der Waals surface area contributed by atoms with Crippen molar-refractivity contribution in [2.24, 2.45) is 10.9 Å². The minimum atomic E-state index is -0.289. The van der Waals surface area contributed by atoms with Crippen molar-refractivity contribution in [1.29, 1.82) is 0 Å². The number of hydrogen-bond acceptors (Lipinski definition) is 5. The number of halogens is 2. The molecule has 1 aliphatic rings. The normalized spacial score (nSPS) is 14.9. The number of likely N-dealkylation sites (tertiary alicyclic amines) is 1. The Labute approximate surface area is 193 Å². The Hall–Kier alpha value is -2.17. The highest BCUT2D eigenvalue weighted by Crippen LogP contribution is 2.20. The Kier molecular flexibility index (Phi) is 9.54. The Morgan fingerprint density at radius 2 is 2.03 bits per heavy atom. The number of guanidine groups is 1. The summed E-state index contributed by atoms with van der Waals surface area (Å²) in [5, 5.41) is 3.34. The summed E-state index contributed by atoms with van der Waals surface area (Å²) in [4.78, 5) is 22.8. The Morgan fingerprint density at radius 1 is 1.33 bits per heavy atom. The molecule has 1 saturated heterocycles. The maximum absolute atomic E-state index is 13.0. The zero-order valence-corrected chi connectivity index (χ0v) is 19.6. The van der Waals surface area contributed by atoms with Crippen LogP contribution in [0.3, 0.4) is 0 Å². The summed E-state index contributed by atoms with van der Waals surface area (Å²) in [5.74, 6) is 0.879. The summed E-state index contributed by atoms with van der Waals surface area (Å²) in [7, 11) is 1.75. The first-order chi connectivity index (χ1) is 14.1. The SMILES string of the molecule is CCOC(=O)C1CCN(C(=NC)NCCc2coc(-c3ccc(F)cc3)n2)CC1.I. The highest BCUT2D eigenvalue weighted by atomic mass is 127. The summed E-state index contributed by atoms with van der Waals surface area (Å²) in [5.41, 5.74) is 1.55. The van der Waals surface area contributed by atoms with Gasteiger partial charge in [0.1, 0.15) is 12.1 Å². The molecule has 1 aliphatic heterocycles. The fourth-order valence-corrected chi connectivity index (χ4v) is 3.37. The van der Waals surface area contributed by atoms with E-state index in [4.69, 9.17) is 9.15 Å². The summed E-state index contributed by atoms with van der Waals surface area (Å²) >= 11 is 0. The van der Waals surface area contributed by atoms with Crippen molar-refractivity contribution in [3.05, 3.63) is 42.0 Å². The van der Waals surface area contributed by atoms with E-state index in [1.54, 1.807) is 25.4 Å². The van der Waals surface area contributed by atoms with Gasteiger partial charge in [0, 0.05) is 38.7 Å². The molecule has 0 bridgehead atoms. The second-order valence-corrected chi connectivity index (χ2v) is 6.89. The topological polar surface area (TPSA) is 80.0 Å². The van der Waals surface area contributed by atoms with Crippen LogP contribution >= 0.6 is 24.0 Å². The first kappa shape index (κ1) is 24.1. The van der Waals surface area contributed by atoms with Crippen molar-refractivity contribution in [2.75, 3.05) is 33.3 Å². The van der Waals surface area contributed by atoms with E-state index < -0.39 is 0 Å². The fourth-order valence-electron chi connectivity index (χ4n) is 3.37. The van der Waals surface area contributed by atoms with Crippen LogP contribution in [-0.4, -0.2) is 55.1 Å². The van der Waals surface area contributed by atoms with Crippen molar-refractivity contribution < 1.29 is 18.3 Å². The second kappa shape index (κ2) is 11.9. The van der Waals surface area contributed by atoms with E-state index in [0.29, 0.717) is 25.5 Å². The van der Waals surface area contributed by atoms with Crippen LogP contribution in [0.5, 0.6) is 0 Å². The fraction of sp³-hybridized carbons (Fsp3) is 0.476. The Morgan fingerprint density at radius 3 is 2.67 bits per heavy atom. The zero-order chi connectivity index (χ0) is 20.6. The molecule has 0 unspecified atom stereocenters. The van der Waals surface area contributed by atoms with Crippen LogP contribution in [0.15, 0.2) is 39.9 Å². The third-order valence-electron chi connectivity index (χ3n) is 4.93. The van der Waals surface area contributed by atoms with Crippen molar-refractivity contribution in [2.45, 2.75) is 26.2 Å². The molecule has 30 heavy (non-hydrogen) atoms. The Balaban J connectivity index is 0.00000320. The van der Waals surface area contributed by atoms with Crippen LogP contribution in [0.4, 0.5) is 4.39 Å². The molecule has 9 heteroatoms. The van der Waals surface area contributed by atoms with E-state index >= 15 is 0 Å². The number of hydrogen-bond donors (Lipinski definition) is 1. The molecule has 2 aromatic rings. The molecular formula is C21H28FIN4O3. The van der Waals surface area contributed by atoms with E-state index in [-0.39, 0.29) is 41.7 Å². The average molecular weight is 530 g/mol. The number of rotatable bonds is 6. The highest BCUT2D eigenvalue weighted by Gasteiger charge is 2.27. The van der Waals surface area contributed by atoms with Crippen LogP contribution in [0, 0.1) is 11.7 Å². The smallest absolute Gasteiger partial charge is 0.309 e. The van der Waals surface area contributed by atoms with Gasteiger partial charge in [-0.25, -0.2) is 9.37 Å². The van der Waals surface area contributed by atoms with E-state index in [1.165, 1.54) is 12.1 Å². The van der Waals surface area contributed by atoms with Gasteiger partial charge in [-0.2, -0.15) is 0 Å². The number of benzene rings is 1. The van der Waals surface area contributed by atoms with Crippen LogP contribution in [-0.2, 0) is 16.0 Å². The summed E-state index contributed by atoms with van der Waals surface area (Å²) in [6, 6.07) is 6.06. The van der Waals surface area contributed by atoms with Gasteiger partial charge in [-0.05, 0) is 44.0 Å². The number of oxazole rings is 1. The molecular weight excluding hydrogens is 502 g/mol. The van der Waals surface area contributed by atoms with E-state index in [2.05, 4.69) is 20.2 Å². The Bertz CT molecular complexity index is 833. The molecule has 0 aliphatic carbocycles. The van der Waals surface area contributed by atoms with Crippen LogP contribution in [0.25, 0.3) is 11.5 Å². The van der Waals surface area contributed by atoms with Gasteiger partial charge in [-0.1, -0.05) is 0 Å². The monoisotopic (exact) mass is 530 g/mol. The molecule has 0 radical (unpaired) electrons. The number of aliphatic imine (C=N–C) groups is 1. The summed E-state index contributed by atoms with van der Waals surface area (Å²) in [6.07, 6.45) is 3.82. The molecule has 7 nitrogen and oxygen atoms in total. The maximum Gasteiger partial charge on any atom is 0.309 e. The maximum atomic E-state index is 13.0. The standard InChI is InChI=1S/C21H27FN4O3.HI/c1-3-28-20(27)16-9-12-26(13-10-16)21(23-2)24-11-8-18-14-29-19(25-18)15-4-6-17(22)7-5-15;/h4-7,14,16H,3,8-13H2,1-2H3,(H,23,24);1H. The van der Waals surface area contributed by atoms with Gasteiger partial charge in [0.05, 0.1) is 18.2 Å². The molecule has 0 amide bonds. The minimum absolute atomic E-state index is 0. The molecule has 3 rings (SSSR count). The number of carbonyl (C=O) groups is 1. The van der Waals surface area contributed by atoms with E-state index in [0.717, 1.165) is 43.1 Å². The number of aromatic nitrogens is 1. The summed E-state index contributed by atoms with van der Waals surface area (Å²) in [6.45, 7) is 4.44. The van der Waals surface area contributed by atoms with Crippen LogP contribution < -0.4 is 5.32 Å². The number of ether oxygens (including phenoxy) is 1. The predicted molar refractivity (Wildman–Crippen MR) is 123 cm³/mol. The van der Waals surface area contributed by atoms with Gasteiger partial charge in [0.2, 0.25) is 5.89 Å². The van der Waals surface area contributed by atoms with Crippen molar-refractivity contribution in [3.63, 3.8) is 0 Å². The molecule has 2 heterocycles. The van der Waals surface area contributed by atoms with Crippen molar-refractivity contribution in [3.8, 4) is 11.5 Å². The van der Waals surface area contributed by atoms with E-state index in [9.17, 15) is 9.18 Å². The lowest BCUT2D eigenvalue weighted by atomic mass is 9.97. The van der Waals surface area contributed by atoms with Gasteiger partial charge >= 0.3 is 5.97 Å². The first-order valence-electron chi connectivity index (χ1n) is 9.93. The molecule has 164 valence electrons. The quantitative estimate of drug-likeness (QED) is 0.267. The molecule has 0 atom stereocenters. The summed E-state index contributed by atoms with van der Waals surface area (Å²) < 4.78 is 23.7. The van der Waals surface area contributed by atoms with Gasteiger partial charge in [-0.3, -0.25) is 9.79 Å².